The van der Waals surface area contributed by atoms with Gasteiger partial charge in [0.25, 0.3) is 5.91 Å². The Bertz CT molecular complexity index is 667. The van der Waals surface area contributed by atoms with Gasteiger partial charge in [0.2, 0.25) is 5.91 Å². The molecule has 0 radical (unpaired) electrons. The lowest BCUT2D eigenvalue weighted by Gasteiger charge is -2.34. The smallest absolute Gasteiger partial charge is 0.268 e. The molecule has 1 saturated carbocycles. The number of benzene rings is 1. The molecular formula is C19H24N2O4. The Hall–Kier alpha value is -2.08. The van der Waals surface area contributed by atoms with Gasteiger partial charge in [-0.15, -0.1) is 0 Å². The molecule has 4 rings (SSSR count). The standard InChI is InChI=1S/C19H24N2O4/c1-13-19(23)21(16-4-2-3-5-17(16)25-13)11-18(22)20(15-6-7-15)10-14-8-9-24-12-14/h2-5,13-15H,6-12H2,1H3/t13-,14-/m0/s1. The van der Waals surface area contributed by atoms with E-state index in [0.717, 1.165) is 39.0 Å². The highest BCUT2D eigenvalue weighted by molar-refractivity contribution is 6.03. The molecule has 25 heavy (non-hydrogen) atoms. The fourth-order valence-electron chi connectivity index (χ4n) is 3.59. The SMILES string of the molecule is C[C@@H]1Oc2ccccc2N(CC(=O)N(C[C@@H]2CCOC2)C2CC2)C1=O. The molecule has 0 aromatic heterocycles. The van der Waals surface area contributed by atoms with E-state index < -0.39 is 6.10 Å². The number of fused-ring (bicyclic) bond motifs is 1. The maximum absolute atomic E-state index is 13.0. The van der Waals surface area contributed by atoms with Gasteiger partial charge in [0.1, 0.15) is 12.3 Å². The summed E-state index contributed by atoms with van der Waals surface area (Å²) < 4.78 is 11.1. The Morgan fingerprint density at radius 2 is 2.08 bits per heavy atom. The predicted molar refractivity (Wildman–Crippen MR) is 92.5 cm³/mol. The van der Waals surface area contributed by atoms with E-state index in [1.54, 1.807) is 11.8 Å². The fourth-order valence-corrected chi connectivity index (χ4v) is 3.59. The van der Waals surface area contributed by atoms with Crippen molar-refractivity contribution >= 4 is 17.5 Å². The number of hydrogen-bond donors (Lipinski definition) is 0. The van der Waals surface area contributed by atoms with Gasteiger partial charge in [0.15, 0.2) is 6.10 Å². The third-order valence-electron chi connectivity index (χ3n) is 5.15. The maximum atomic E-state index is 13.0. The molecule has 6 nitrogen and oxygen atoms in total. The Morgan fingerprint density at radius 1 is 1.28 bits per heavy atom. The van der Waals surface area contributed by atoms with E-state index in [2.05, 4.69) is 0 Å². The van der Waals surface area contributed by atoms with Gasteiger partial charge in [-0.25, -0.2) is 0 Å². The van der Waals surface area contributed by atoms with Crippen molar-refractivity contribution in [3.63, 3.8) is 0 Å². The first kappa shape index (κ1) is 16.4. The molecule has 3 aliphatic rings. The Morgan fingerprint density at radius 3 is 2.80 bits per heavy atom. The van der Waals surface area contributed by atoms with Crippen molar-refractivity contribution in [3.05, 3.63) is 24.3 Å². The van der Waals surface area contributed by atoms with Crippen LogP contribution >= 0.6 is 0 Å². The molecule has 2 atom stereocenters. The molecule has 0 unspecified atom stereocenters. The quantitative estimate of drug-likeness (QED) is 0.818. The second-order valence-electron chi connectivity index (χ2n) is 7.16. The van der Waals surface area contributed by atoms with Crippen LogP contribution in [-0.2, 0) is 14.3 Å². The number of anilines is 1. The molecule has 1 aromatic rings. The molecular weight excluding hydrogens is 320 g/mol. The number of hydrogen-bond acceptors (Lipinski definition) is 4. The van der Waals surface area contributed by atoms with E-state index in [-0.39, 0.29) is 18.4 Å². The van der Waals surface area contributed by atoms with Crippen LogP contribution in [0, 0.1) is 5.92 Å². The molecule has 134 valence electrons. The van der Waals surface area contributed by atoms with E-state index in [1.807, 2.05) is 29.2 Å². The summed E-state index contributed by atoms with van der Waals surface area (Å²) in [6, 6.07) is 7.73. The van der Waals surface area contributed by atoms with Crippen LogP contribution in [0.3, 0.4) is 0 Å². The molecule has 1 saturated heterocycles. The van der Waals surface area contributed by atoms with Crippen molar-refractivity contribution in [3.8, 4) is 5.75 Å². The van der Waals surface area contributed by atoms with Gasteiger partial charge in [-0.3, -0.25) is 14.5 Å². The monoisotopic (exact) mass is 344 g/mol. The minimum Gasteiger partial charge on any atom is -0.479 e. The average Bonchev–Trinajstić information content (AvgIpc) is 3.32. The van der Waals surface area contributed by atoms with Crippen molar-refractivity contribution in [1.29, 1.82) is 0 Å². The molecule has 2 aliphatic heterocycles. The van der Waals surface area contributed by atoms with E-state index in [9.17, 15) is 9.59 Å². The summed E-state index contributed by atoms with van der Waals surface area (Å²) in [5, 5.41) is 0. The zero-order valence-electron chi connectivity index (χ0n) is 14.5. The predicted octanol–water partition coefficient (Wildman–Crippen LogP) is 1.83. The molecule has 2 heterocycles. The summed E-state index contributed by atoms with van der Waals surface area (Å²) in [4.78, 5) is 29.1. The second-order valence-corrected chi connectivity index (χ2v) is 7.16. The first-order valence-electron chi connectivity index (χ1n) is 9.08. The number of ether oxygens (including phenoxy) is 2. The number of para-hydroxylation sites is 2. The van der Waals surface area contributed by atoms with Crippen molar-refractivity contribution in [2.75, 3.05) is 31.2 Å². The topological polar surface area (TPSA) is 59.1 Å². The summed E-state index contributed by atoms with van der Waals surface area (Å²) in [5.41, 5.74) is 0.680. The van der Waals surface area contributed by atoms with Crippen LogP contribution in [0.25, 0.3) is 0 Å². The normalized spacial score (nSPS) is 25.5. The van der Waals surface area contributed by atoms with Crippen LogP contribution in [0.15, 0.2) is 24.3 Å². The van der Waals surface area contributed by atoms with Gasteiger partial charge in [0.05, 0.1) is 12.3 Å². The molecule has 2 amide bonds. The highest BCUT2D eigenvalue weighted by Gasteiger charge is 2.38. The zero-order chi connectivity index (χ0) is 17.4. The third kappa shape index (κ3) is 3.35. The van der Waals surface area contributed by atoms with Gasteiger partial charge < -0.3 is 14.4 Å². The lowest BCUT2D eigenvalue weighted by molar-refractivity contribution is -0.134. The van der Waals surface area contributed by atoms with Crippen molar-refractivity contribution < 1.29 is 19.1 Å². The molecule has 2 fully saturated rings. The van der Waals surface area contributed by atoms with Crippen molar-refractivity contribution in [1.82, 2.24) is 4.90 Å². The number of rotatable bonds is 5. The van der Waals surface area contributed by atoms with Crippen molar-refractivity contribution in [2.24, 2.45) is 5.92 Å². The zero-order valence-corrected chi connectivity index (χ0v) is 14.5. The van der Waals surface area contributed by atoms with E-state index in [0.29, 0.717) is 23.4 Å². The second kappa shape index (κ2) is 6.67. The molecule has 6 heteroatoms. The molecule has 1 aromatic carbocycles. The van der Waals surface area contributed by atoms with E-state index >= 15 is 0 Å². The van der Waals surface area contributed by atoms with Crippen LogP contribution in [0.5, 0.6) is 5.75 Å². The minimum absolute atomic E-state index is 0.0200. The number of amides is 2. The van der Waals surface area contributed by atoms with Crippen LogP contribution in [0.2, 0.25) is 0 Å². The molecule has 0 bridgehead atoms. The summed E-state index contributed by atoms with van der Waals surface area (Å²) in [6.45, 7) is 4.05. The highest BCUT2D eigenvalue weighted by atomic mass is 16.5. The Labute approximate surface area is 147 Å². The largest absolute Gasteiger partial charge is 0.479 e. The lowest BCUT2D eigenvalue weighted by atomic mass is 10.1. The van der Waals surface area contributed by atoms with Crippen LogP contribution < -0.4 is 9.64 Å². The van der Waals surface area contributed by atoms with Crippen LogP contribution in [-0.4, -0.2) is 55.2 Å². The summed E-state index contributed by atoms with van der Waals surface area (Å²) in [5.74, 6) is 0.930. The minimum atomic E-state index is -0.569. The number of carbonyl (C=O) groups excluding carboxylic acids is 2. The number of nitrogens with zero attached hydrogens (tertiary/aromatic N) is 2. The molecule has 0 spiro atoms. The molecule has 1 aliphatic carbocycles. The maximum Gasteiger partial charge on any atom is 0.268 e. The molecule has 0 N–H and O–H groups in total. The Kier molecular flexibility index (Phi) is 4.37. The first-order chi connectivity index (χ1) is 12.1. The van der Waals surface area contributed by atoms with Crippen molar-refractivity contribution in [2.45, 2.75) is 38.3 Å². The fraction of sp³-hybridized carbons (Fsp3) is 0.579. The van der Waals surface area contributed by atoms with E-state index in [1.165, 1.54) is 0 Å². The summed E-state index contributed by atoms with van der Waals surface area (Å²) in [6.07, 6.45) is 2.56. The average molecular weight is 344 g/mol. The highest BCUT2D eigenvalue weighted by Crippen LogP contribution is 2.34. The van der Waals surface area contributed by atoms with Gasteiger partial charge in [0, 0.05) is 25.1 Å². The summed E-state index contributed by atoms with van der Waals surface area (Å²) >= 11 is 0. The third-order valence-corrected chi connectivity index (χ3v) is 5.15. The Balaban J connectivity index is 1.51. The number of carbonyl (C=O) groups is 2. The van der Waals surface area contributed by atoms with Crippen LogP contribution in [0.1, 0.15) is 26.2 Å². The lowest BCUT2D eigenvalue weighted by Crippen LogP contribution is -2.50. The first-order valence-corrected chi connectivity index (χ1v) is 9.08. The van der Waals surface area contributed by atoms with Crippen LogP contribution in [0.4, 0.5) is 5.69 Å². The van der Waals surface area contributed by atoms with Gasteiger partial charge >= 0.3 is 0 Å². The van der Waals surface area contributed by atoms with Gasteiger partial charge in [-0.2, -0.15) is 0 Å². The van der Waals surface area contributed by atoms with Gasteiger partial charge in [-0.05, 0) is 38.3 Å². The van der Waals surface area contributed by atoms with E-state index in [4.69, 9.17) is 9.47 Å². The van der Waals surface area contributed by atoms with Gasteiger partial charge in [-0.1, -0.05) is 12.1 Å². The summed E-state index contributed by atoms with van der Waals surface area (Å²) in [7, 11) is 0.